The SMILES string of the molecule is CC[C@@H](C(=O)NC(C)(C)C)N(Cc1c(Cl)cccc1Cl)C(=O)CN(c1cc(Cl)ccc1C)S(=O)(=O)c1ccccc1. The van der Waals surface area contributed by atoms with Crippen molar-refractivity contribution in [2.75, 3.05) is 10.8 Å². The Morgan fingerprint density at radius 3 is 2.10 bits per heavy atom. The molecule has 1 N–H and O–H groups in total. The number of sulfonamides is 1. The predicted molar refractivity (Wildman–Crippen MR) is 166 cm³/mol. The van der Waals surface area contributed by atoms with Gasteiger partial charge in [-0.2, -0.15) is 0 Å². The summed E-state index contributed by atoms with van der Waals surface area (Å²) in [5.74, 6) is -0.997. The first-order chi connectivity index (χ1) is 19.2. The van der Waals surface area contributed by atoms with Crippen molar-refractivity contribution in [1.82, 2.24) is 10.2 Å². The summed E-state index contributed by atoms with van der Waals surface area (Å²) in [7, 11) is -4.22. The molecule has 0 saturated carbocycles. The van der Waals surface area contributed by atoms with Crippen LogP contribution in [-0.4, -0.2) is 43.3 Å². The highest BCUT2D eigenvalue weighted by Crippen LogP contribution is 2.31. The van der Waals surface area contributed by atoms with E-state index < -0.39 is 34.1 Å². The van der Waals surface area contributed by atoms with Gasteiger partial charge in [0.05, 0.1) is 10.6 Å². The largest absolute Gasteiger partial charge is 0.350 e. The molecule has 0 aromatic heterocycles. The molecule has 0 aliphatic rings. The number of carbonyl (C=O) groups excluding carboxylic acids is 2. The molecule has 0 aliphatic heterocycles. The molecule has 0 radical (unpaired) electrons. The van der Waals surface area contributed by atoms with E-state index in [1.807, 2.05) is 20.8 Å². The summed E-state index contributed by atoms with van der Waals surface area (Å²) in [4.78, 5) is 29.0. The summed E-state index contributed by atoms with van der Waals surface area (Å²) in [6.07, 6.45) is 0.261. The number of halogens is 3. The zero-order chi connectivity index (χ0) is 30.5. The van der Waals surface area contributed by atoms with Gasteiger partial charge < -0.3 is 10.2 Å². The van der Waals surface area contributed by atoms with Crippen molar-refractivity contribution in [1.29, 1.82) is 0 Å². The molecule has 7 nitrogen and oxygen atoms in total. The zero-order valence-electron chi connectivity index (χ0n) is 23.6. The van der Waals surface area contributed by atoms with Gasteiger partial charge in [0.1, 0.15) is 12.6 Å². The third-order valence-electron chi connectivity index (χ3n) is 6.32. The van der Waals surface area contributed by atoms with E-state index in [4.69, 9.17) is 34.8 Å². The first-order valence-corrected chi connectivity index (χ1v) is 15.6. The normalized spacial score (nSPS) is 12.5. The average Bonchev–Trinajstić information content (AvgIpc) is 2.89. The molecule has 3 rings (SSSR count). The van der Waals surface area contributed by atoms with Crippen LogP contribution in [0.25, 0.3) is 0 Å². The van der Waals surface area contributed by atoms with Gasteiger partial charge in [0, 0.05) is 32.7 Å². The molecule has 3 aromatic rings. The molecular formula is C30H34Cl3N3O4S. The van der Waals surface area contributed by atoms with Crippen LogP contribution in [0, 0.1) is 6.92 Å². The lowest BCUT2D eigenvalue weighted by molar-refractivity contribution is -0.141. The third-order valence-corrected chi connectivity index (χ3v) is 9.04. The molecule has 2 amide bonds. The van der Waals surface area contributed by atoms with Crippen LogP contribution in [0.5, 0.6) is 0 Å². The van der Waals surface area contributed by atoms with Gasteiger partial charge in [-0.3, -0.25) is 13.9 Å². The number of nitrogens with one attached hydrogen (secondary N) is 1. The van der Waals surface area contributed by atoms with Crippen molar-refractivity contribution in [2.24, 2.45) is 0 Å². The third kappa shape index (κ3) is 8.16. The van der Waals surface area contributed by atoms with Crippen molar-refractivity contribution < 1.29 is 18.0 Å². The first kappa shape index (κ1) is 32.7. The number of anilines is 1. The molecule has 0 unspecified atom stereocenters. The highest BCUT2D eigenvalue weighted by molar-refractivity contribution is 7.92. The average molecular weight is 639 g/mol. The Balaban J connectivity index is 2.15. The van der Waals surface area contributed by atoms with E-state index in [2.05, 4.69) is 5.32 Å². The quantitative estimate of drug-likeness (QED) is 0.263. The maximum absolute atomic E-state index is 14.2. The van der Waals surface area contributed by atoms with Crippen LogP contribution in [0.2, 0.25) is 15.1 Å². The lowest BCUT2D eigenvalue weighted by atomic mass is 10.1. The summed E-state index contributed by atoms with van der Waals surface area (Å²) in [6.45, 7) is 8.32. The van der Waals surface area contributed by atoms with Crippen molar-refractivity contribution >= 4 is 62.3 Å². The van der Waals surface area contributed by atoms with Crippen LogP contribution in [0.4, 0.5) is 5.69 Å². The molecule has 11 heteroatoms. The van der Waals surface area contributed by atoms with Gasteiger partial charge in [-0.25, -0.2) is 8.42 Å². The Bertz CT molecular complexity index is 1490. The summed E-state index contributed by atoms with van der Waals surface area (Å²) in [6, 6.07) is 16.7. The Hall–Kier alpha value is -2.78. The fourth-order valence-corrected chi connectivity index (χ4v) is 6.49. The molecule has 0 bridgehead atoms. The summed E-state index contributed by atoms with van der Waals surface area (Å²) in [5, 5.41) is 3.88. The van der Waals surface area contributed by atoms with E-state index in [9.17, 15) is 18.0 Å². The van der Waals surface area contributed by atoms with Crippen molar-refractivity contribution in [3.63, 3.8) is 0 Å². The standard InChI is InChI=1S/C30H34Cl3N3O4S/c1-6-26(29(38)34-30(3,4)5)35(18-23-24(32)13-10-14-25(23)33)28(37)19-36(27-17-21(31)16-15-20(27)2)41(39,40)22-11-8-7-9-12-22/h7-17,26H,6,18-19H2,1-5H3,(H,34,38)/t26-/m0/s1. The number of rotatable bonds is 10. The smallest absolute Gasteiger partial charge is 0.264 e. The monoisotopic (exact) mass is 637 g/mol. The van der Waals surface area contributed by atoms with Gasteiger partial charge in [-0.1, -0.05) is 72.1 Å². The minimum atomic E-state index is -4.22. The van der Waals surface area contributed by atoms with E-state index in [-0.39, 0.29) is 29.5 Å². The molecule has 41 heavy (non-hydrogen) atoms. The van der Waals surface area contributed by atoms with Gasteiger partial charge in [0.2, 0.25) is 11.8 Å². The second kappa shape index (κ2) is 13.5. The maximum Gasteiger partial charge on any atom is 0.264 e. The van der Waals surface area contributed by atoms with Crippen molar-refractivity contribution in [2.45, 2.75) is 64.1 Å². The topological polar surface area (TPSA) is 86.8 Å². The Morgan fingerprint density at radius 1 is 0.927 bits per heavy atom. The van der Waals surface area contributed by atoms with Crippen molar-refractivity contribution in [3.8, 4) is 0 Å². The molecule has 0 saturated heterocycles. The summed E-state index contributed by atoms with van der Waals surface area (Å²) < 4.78 is 29.0. The molecule has 1 atom stereocenters. The van der Waals surface area contributed by atoms with E-state index in [0.717, 1.165) is 4.31 Å². The molecule has 0 aliphatic carbocycles. The minimum absolute atomic E-state index is 0.00499. The highest BCUT2D eigenvalue weighted by Gasteiger charge is 2.35. The number of hydrogen-bond acceptors (Lipinski definition) is 4. The number of hydrogen-bond donors (Lipinski definition) is 1. The van der Waals surface area contributed by atoms with Crippen LogP contribution in [-0.2, 0) is 26.2 Å². The van der Waals surface area contributed by atoms with Crippen LogP contribution < -0.4 is 9.62 Å². The predicted octanol–water partition coefficient (Wildman–Crippen LogP) is 6.87. The molecule has 3 aromatic carbocycles. The minimum Gasteiger partial charge on any atom is -0.350 e. The van der Waals surface area contributed by atoms with Gasteiger partial charge in [0.25, 0.3) is 10.0 Å². The van der Waals surface area contributed by atoms with Gasteiger partial charge in [-0.15, -0.1) is 0 Å². The Kier molecular flexibility index (Phi) is 10.7. The van der Waals surface area contributed by atoms with Crippen LogP contribution >= 0.6 is 34.8 Å². The second-order valence-corrected chi connectivity index (χ2v) is 13.8. The van der Waals surface area contributed by atoms with Crippen LogP contribution in [0.3, 0.4) is 0 Å². The van der Waals surface area contributed by atoms with Crippen LogP contribution in [0.1, 0.15) is 45.2 Å². The maximum atomic E-state index is 14.2. The second-order valence-electron chi connectivity index (χ2n) is 10.6. The van der Waals surface area contributed by atoms with E-state index >= 15 is 0 Å². The van der Waals surface area contributed by atoms with E-state index in [1.54, 1.807) is 62.4 Å². The molecule has 0 fully saturated rings. The van der Waals surface area contributed by atoms with Gasteiger partial charge >= 0.3 is 0 Å². The molecule has 0 spiro atoms. The fourth-order valence-electron chi connectivity index (χ4n) is 4.31. The molecular weight excluding hydrogens is 605 g/mol. The number of carbonyl (C=O) groups is 2. The lowest BCUT2D eigenvalue weighted by Crippen LogP contribution is -2.55. The Labute approximate surface area is 257 Å². The van der Waals surface area contributed by atoms with Crippen molar-refractivity contribution in [3.05, 3.63) is 92.9 Å². The zero-order valence-corrected chi connectivity index (χ0v) is 26.7. The summed E-state index contributed by atoms with van der Waals surface area (Å²) in [5.41, 5.74) is 0.724. The fraction of sp³-hybridized carbons (Fsp3) is 0.333. The number of aryl methyl sites for hydroxylation is 1. The molecule has 220 valence electrons. The van der Waals surface area contributed by atoms with Crippen LogP contribution in [0.15, 0.2) is 71.6 Å². The molecule has 0 heterocycles. The van der Waals surface area contributed by atoms with E-state index in [0.29, 0.717) is 26.2 Å². The Morgan fingerprint density at radius 2 is 1.54 bits per heavy atom. The number of amides is 2. The highest BCUT2D eigenvalue weighted by atomic mass is 35.5. The van der Waals surface area contributed by atoms with Gasteiger partial charge in [0.15, 0.2) is 0 Å². The summed E-state index contributed by atoms with van der Waals surface area (Å²) >= 11 is 19.2. The van der Waals surface area contributed by atoms with E-state index in [1.165, 1.54) is 23.1 Å². The number of benzene rings is 3. The van der Waals surface area contributed by atoms with Gasteiger partial charge in [-0.05, 0) is 76.1 Å². The number of nitrogens with zero attached hydrogens (tertiary/aromatic N) is 2. The first-order valence-electron chi connectivity index (χ1n) is 13.0. The lowest BCUT2D eigenvalue weighted by Gasteiger charge is -2.35.